The number of sulfone groups is 4. The zero-order chi connectivity index (χ0) is 78.0. The van der Waals surface area contributed by atoms with Gasteiger partial charge in [0.1, 0.15) is 49.4 Å². The van der Waals surface area contributed by atoms with Gasteiger partial charge in [-0.05, 0) is 174 Å². The molecular formula is C78H58Cl2F4N4O16S4. The first-order valence-electron chi connectivity index (χ1n) is 32.5. The summed E-state index contributed by atoms with van der Waals surface area (Å²) in [6.45, 7) is 9.57. The Kier molecular flexibility index (Phi) is 19.2. The van der Waals surface area contributed by atoms with E-state index in [1.165, 1.54) is 64.6 Å². The van der Waals surface area contributed by atoms with Crippen LogP contribution in [0.4, 0.5) is 17.6 Å². The van der Waals surface area contributed by atoms with Crippen LogP contribution in [0.3, 0.4) is 0 Å². The molecule has 8 heterocycles. The number of hydrogen-bond acceptors (Lipinski definition) is 12. The average molecular weight is 1580 g/mol. The van der Waals surface area contributed by atoms with Crippen LogP contribution >= 0.6 is 23.2 Å². The monoisotopic (exact) mass is 1580 g/mol. The molecule has 30 heteroatoms. The molecule has 4 N–H and O–H groups in total. The third-order valence-electron chi connectivity index (χ3n) is 19.0. The Hall–Kier alpha value is -11.1. The number of carbonyl (C=O) groups is 4. The Morgan fingerprint density at radius 2 is 0.583 bits per heavy atom. The summed E-state index contributed by atoms with van der Waals surface area (Å²) in [6, 6.07) is 35.4. The van der Waals surface area contributed by atoms with Crippen LogP contribution in [0.15, 0.2) is 187 Å². The molecule has 0 saturated carbocycles. The molecular weight excluding hydrogens is 1520 g/mol. The van der Waals surface area contributed by atoms with Crippen molar-refractivity contribution in [1.82, 2.24) is 18.3 Å². The standard InChI is InChI=1S/C20H16ClNO4S.C20H16FNO4S.C19H13ClFNO4S.C19H13F2NO4S/c1-11-3-5-14-17(7-11)22(9-19(23)24)12(2)20(14)16-10-27(25,26)18-6-4-13(21)8-15(16)18;1-11-3-5-17-15(7-11)20(12(2)22(17)9-19(23)24)16-10-27(25,26)18-6-4-13(21)8-14(16)18;1-10-19(14-6-11(20)2-4-16(14)22(10)8-18(23)24)15-9-27(25,26)17-5-3-12(21)7-13(15)17;1-10-19(13-4-2-12(21)7-16(13)22(10)8-18(23)24)15-9-27(25,26)17-5-3-11(20)6-14(15)17/h2*3-8,10H,9H2,1-2H3,(H,23,24);2*2-7,9H,8H2,1H3,(H,23,24). The van der Waals surface area contributed by atoms with E-state index in [4.69, 9.17) is 23.2 Å². The quantitative estimate of drug-likeness (QED) is 0.0652. The van der Waals surface area contributed by atoms with Crippen molar-refractivity contribution in [2.24, 2.45) is 0 Å². The Bertz CT molecular complexity index is 6290. The number of rotatable bonds is 12. The molecule has 552 valence electrons. The summed E-state index contributed by atoms with van der Waals surface area (Å²) in [4.78, 5) is 45.5. The molecule has 108 heavy (non-hydrogen) atoms. The van der Waals surface area contributed by atoms with Gasteiger partial charge in [0.25, 0.3) is 0 Å². The van der Waals surface area contributed by atoms with E-state index in [1.807, 2.05) is 57.2 Å². The Balaban J connectivity index is 0.000000127. The molecule has 0 bridgehead atoms. The fraction of sp³-hybridized carbons (Fsp3) is 0.128. The van der Waals surface area contributed by atoms with Gasteiger partial charge in [0.2, 0.25) is 39.3 Å². The Morgan fingerprint density at radius 3 is 0.972 bits per heavy atom. The molecule has 12 aromatic rings. The Labute approximate surface area is 623 Å². The van der Waals surface area contributed by atoms with Gasteiger partial charge in [0.15, 0.2) is 0 Å². The maximum atomic E-state index is 13.9. The highest BCUT2D eigenvalue weighted by molar-refractivity contribution is 7.95. The van der Waals surface area contributed by atoms with E-state index in [1.54, 1.807) is 64.8 Å². The van der Waals surface area contributed by atoms with Crippen LogP contribution in [0.25, 0.3) is 65.9 Å². The first kappa shape index (κ1) is 75.1. The van der Waals surface area contributed by atoms with Gasteiger partial charge in [-0.15, -0.1) is 0 Å². The number of aromatic nitrogens is 4. The van der Waals surface area contributed by atoms with E-state index in [9.17, 15) is 90.8 Å². The lowest BCUT2D eigenvalue weighted by Gasteiger charge is -2.08. The molecule has 16 rings (SSSR count). The van der Waals surface area contributed by atoms with Crippen molar-refractivity contribution in [3.05, 3.63) is 279 Å². The molecule has 0 saturated heterocycles. The van der Waals surface area contributed by atoms with Crippen molar-refractivity contribution < 1.29 is 90.8 Å². The third kappa shape index (κ3) is 13.5. The van der Waals surface area contributed by atoms with E-state index < -0.39 is 93.0 Å². The van der Waals surface area contributed by atoms with Crippen LogP contribution in [0.5, 0.6) is 0 Å². The molecule has 0 spiro atoms. The smallest absolute Gasteiger partial charge is 0.323 e. The van der Waals surface area contributed by atoms with Crippen molar-refractivity contribution in [2.45, 2.75) is 87.3 Å². The first-order valence-corrected chi connectivity index (χ1v) is 39.4. The fourth-order valence-electron chi connectivity index (χ4n) is 14.5. The normalized spacial score (nSPS) is 15.0. The van der Waals surface area contributed by atoms with Gasteiger partial charge in [0.05, 0.1) is 25.1 Å². The highest BCUT2D eigenvalue weighted by Crippen LogP contribution is 2.48. The second-order valence-electron chi connectivity index (χ2n) is 26.0. The lowest BCUT2D eigenvalue weighted by atomic mass is 9.96. The van der Waals surface area contributed by atoms with Gasteiger partial charge >= 0.3 is 23.9 Å². The molecule has 4 aliphatic rings. The number of aliphatic carboxylic acids is 4. The van der Waals surface area contributed by atoms with Gasteiger partial charge in [0, 0.05) is 159 Å². The third-order valence-corrected chi connectivity index (χ3v) is 25.6. The van der Waals surface area contributed by atoms with Gasteiger partial charge in [-0.25, -0.2) is 51.2 Å². The van der Waals surface area contributed by atoms with Crippen LogP contribution in [-0.2, 0) is 84.7 Å². The molecule has 8 aromatic carbocycles. The number of carboxylic acid groups (broad SMARTS) is 4. The zero-order valence-electron chi connectivity index (χ0n) is 57.4. The summed E-state index contributed by atoms with van der Waals surface area (Å²) in [5.41, 5.74) is 11.8. The Morgan fingerprint density at radius 1 is 0.315 bits per heavy atom. The van der Waals surface area contributed by atoms with Crippen molar-refractivity contribution >= 4 is 152 Å². The number of carboxylic acids is 4. The SMILES string of the molecule is Cc1c(C2=CS(=O)(=O)c3ccc(F)cc32)c2cc(Cl)ccc2n1CC(=O)O.Cc1c(C2=CS(=O)(=O)c3ccc(F)cc32)c2ccc(F)cc2n1CC(=O)O.Cc1ccc2c(C3=CS(=O)(=O)c4ccc(Cl)cc43)c(C)n(CC(=O)O)c2c1.Cc1ccc2c(c1)c(C1=CS(=O)(=O)c3ccc(F)cc31)c(C)n2CC(=O)O. The molecule has 4 aliphatic heterocycles. The second kappa shape index (κ2) is 27.6. The van der Waals surface area contributed by atoms with E-state index >= 15 is 0 Å². The van der Waals surface area contributed by atoms with Crippen molar-refractivity contribution in [3.8, 4) is 0 Å². The van der Waals surface area contributed by atoms with Crippen LogP contribution in [-0.4, -0.2) is 96.2 Å². The molecule has 4 aromatic heterocycles. The first-order chi connectivity index (χ1) is 50.7. The maximum absolute atomic E-state index is 13.9. The summed E-state index contributed by atoms with van der Waals surface area (Å²) < 4.78 is 162. The summed E-state index contributed by atoms with van der Waals surface area (Å²) in [6.07, 6.45) is 0. The summed E-state index contributed by atoms with van der Waals surface area (Å²) in [5, 5.41) is 45.1. The molecule has 0 atom stereocenters. The van der Waals surface area contributed by atoms with Crippen molar-refractivity contribution in [3.63, 3.8) is 0 Å². The lowest BCUT2D eigenvalue weighted by molar-refractivity contribution is -0.138. The number of hydrogen-bond donors (Lipinski definition) is 4. The second-order valence-corrected chi connectivity index (χ2v) is 33.9. The highest BCUT2D eigenvalue weighted by atomic mass is 35.5. The summed E-state index contributed by atoms with van der Waals surface area (Å²) >= 11 is 12.2. The van der Waals surface area contributed by atoms with E-state index in [-0.39, 0.29) is 55.9 Å². The molecule has 0 aliphatic carbocycles. The summed E-state index contributed by atoms with van der Waals surface area (Å²) in [5.74, 6) is -6.32. The molecule has 20 nitrogen and oxygen atoms in total. The molecule has 0 amide bonds. The topological polar surface area (TPSA) is 305 Å². The lowest BCUT2D eigenvalue weighted by Crippen LogP contribution is -2.10. The number of halogens is 6. The summed E-state index contributed by atoms with van der Waals surface area (Å²) in [7, 11) is -14.7. The van der Waals surface area contributed by atoms with E-state index in [0.717, 1.165) is 73.5 Å². The van der Waals surface area contributed by atoms with Crippen LogP contribution in [0.1, 0.15) is 78.4 Å². The van der Waals surface area contributed by atoms with Crippen LogP contribution in [0, 0.1) is 64.8 Å². The minimum Gasteiger partial charge on any atom is -0.480 e. The van der Waals surface area contributed by atoms with Gasteiger partial charge < -0.3 is 38.7 Å². The largest absolute Gasteiger partial charge is 0.480 e. The van der Waals surface area contributed by atoms with E-state index in [2.05, 4.69) is 0 Å². The highest BCUT2D eigenvalue weighted by Gasteiger charge is 2.37. The van der Waals surface area contributed by atoms with Gasteiger partial charge in [-0.2, -0.15) is 0 Å². The number of nitrogens with zero attached hydrogens (tertiary/aromatic N) is 4. The van der Waals surface area contributed by atoms with Gasteiger partial charge in [-0.3, -0.25) is 19.2 Å². The number of benzene rings is 8. The number of fused-ring (bicyclic) bond motifs is 8. The van der Waals surface area contributed by atoms with Gasteiger partial charge in [-0.1, -0.05) is 47.0 Å². The van der Waals surface area contributed by atoms with Crippen molar-refractivity contribution in [2.75, 3.05) is 0 Å². The van der Waals surface area contributed by atoms with Crippen molar-refractivity contribution in [1.29, 1.82) is 0 Å². The minimum absolute atomic E-state index is 0.0143. The average Bonchev–Trinajstić information content (AvgIpc) is 1.59. The molecule has 0 unspecified atom stereocenters. The zero-order valence-corrected chi connectivity index (χ0v) is 62.1. The molecule has 0 fully saturated rings. The van der Waals surface area contributed by atoms with Crippen LogP contribution in [0.2, 0.25) is 10.0 Å². The van der Waals surface area contributed by atoms with Crippen LogP contribution < -0.4 is 0 Å². The van der Waals surface area contributed by atoms with E-state index in [0.29, 0.717) is 105 Å². The minimum atomic E-state index is -3.76. The predicted octanol–water partition coefficient (Wildman–Crippen LogP) is 15.3. The maximum Gasteiger partial charge on any atom is 0.323 e. The molecule has 0 radical (unpaired) electrons. The predicted molar refractivity (Wildman–Crippen MR) is 399 cm³/mol. The fourth-order valence-corrected chi connectivity index (χ4v) is 20.6. The number of aryl methyl sites for hydroxylation is 2.